The number of nitrogens with zero attached hydrogens (tertiary/aromatic N) is 3. The Hall–Kier alpha value is -1.70. The highest BCUT2D eigenvalue weighted by molar-refractivity contribution is 5.86. The Bertz CT molecular complexity index is 698. The van der Waals surface area contributed by atoms with Crippen LogP contribution in [0.15, 0.2) is 18.6 Å². The van der Waals surface area contributed by atoms with Gasteiger partial charge in [-0.1, -0.05) is 19.3 Å². The normalized spacial score (nSPS) is 28.5. The van der Waals surface area contributed by atoms with E-state index in [0.29, 0.717) is 12.5 Å². The van der Waals surface area contributed by atoms with Crippen LogP contribution in [0.1, 0.15) is 44.8 Å². The van der Waals surface area contributed by atoms with Crippen LogP contribution in [0, 0.1) is 0 Å². The third kappa shape index (κ3) is 2.87. The van der Waals surface area contributed by atoms with E-state index >= 15 is 0 Å². The maximum atomic E-state index is 10.2. The van der Waals surface area contributed by atoms with Gasteiger partial charge in [-0.05, 0) is 18.9 Å². The van der Waals surface area contributed by atoms with E-state index < -0.39 is 12.3 Å². The maximum Gasteiger partial charge on any atom is 0.161 e. The van der Waals surface area contributed by atoms with Crippen molar-refractivity contribution in [1.29, 1.82) is 0 Å². The Morgan fingerprint density at radius 1 is 1.25 bits per heavy atom. The van der Waals surface area contributed by atoms with E-state index in [2.05, 4.69) is 15.3 Å². The average Bonchev–Trinajstić information content (AvgIpc) is 3.19. The molecule has 2 aliphatic rings. The van der Waals surface area contributed by atoms with E-state index in [-0.39, 0.29) is 12.7 Å². The van der Waals surface area contributed by atoms with Gasteiger partial charge in [-0.3, -0.25) is 0 Å². The summed E-state index contributed by atoms with van der Waals surface area (Å²) in [6.45, 7) is -0.0871. The van der Waals surface area contributed by atoms with Crippen molar-refractivity contribution < 1.29 is 14.9 Å². The average molecular weight is 332 g/mol. The van der Waals surface area contributed by atoms with Crippen LogP contribution in [-0.4, -0.2) is 49.6 Å². The number of imidazole rings is 1. The third-order valence-corrected chi connectivity index (χ3v) is 5.08. The standard InChI is InChI=1S/C17H24N4O3/c22-9-12-8-14(23)17(24-12)21-10-19-15-13(21)6-7-18-16(15)20-11-4-2-1-3-5-11/h6-7,10-12,14,17,22-23H,1-5,8-9H2,(H,18,20)/t12-,14+,17+/m0/s1. The lowest BCUT2D eigenvalue weighted by Gasteiger charge is -2.23. The summed E-state index contributed by atoms with van der Waals surface area (Å²) >= 11 is 0. The lowest BCUT2D eigenvalue weighted by Crippen LogP contribution is -2.23. The first-order valence-corrected chi connectivity index (χ1v) is 8.78. The Morgan fingerprint density at radius 2 is 2.08 bits per heavy atom. The number of anilines is 1. The molecule has 7 heteroatoms. The molecule has 7 nitrogen and oxygen atoms in total. The van der Waals surface area contributed by atoms with Crippen LogP contribution in [0.25, 0.3) is 11.0 Å². The van der Waals surface area contributed by atoms with Crippen molar-refractivity contribution in [3.05, 3.63) is 18.6 Å². The number of aliphatic hydroxyl groups is 2. The fraction of sp³-hybridized carbons (Fsp3) is 0.647. The van der Waals surface area contributed by atoms with Crippen LogP contribution in [0.5, 0.6) is 0 Å². The Labute approximate surface area is 140 Å². The molecule has 2 fully saturated rings. The molecule has 24 heavy (non-hydrogen) atoms. The minimum Gasteiger partial charge on any atom is -0.394 e. The van der Waals surface area contributed by atoms with Crippen molar-refractivity contribution in [2.45, 2.75) is 63.0 Å². The number of aromatic nitrogens is 3. The minimum atomic E-state index is -0.650. The largest absolute Gasteiger partial charge is 0.394 e. The Morgan fingerprint density at radius 3 is 2.83 bits per heavy atom. The molecule has 3 heterocycles. The van der Waals surface area contributed by atoms with Gasteiger partial charge in [0.15, 0.2) is 12.0 Å². The molecule has 1 saturated carbocycles. The Kier molecular flexibility index (Phi) is 4.39. The number of rotatable bonds is 4. The van der Waals surface area contributed by atoms with Gasteiger partial charge >= 0.3 is 0 Å². The molecule has 1 aliphatic carbocycles. The summed E-state index contributed by atoms with van der Waals surface area (Å²) in [7, 11) is 0. The van der Waals surface area contributed by atoms with Gasteiger partial charge in [0.05, 0.1) is 24.6 Å². The predicted octanol–water partition coefficient (Wildman–Crippen LogP) is 1.82. The summed E-state index contributed by atoms with van der Waals surface area (Å²) in [5, 5.41) is 23.0. The van der Waals surface area contributed by atoms with Gasteiger partial charge in [0.1, 0.15) is 11.6 Å². The van der Waals surface area contributed by atoms with Crippen LogP contribution in [-0.2, 0) is 4.74 Å². The smallest absolute Gasteiger partial charge is 0.161 e. The molecule has 0 spiro atoms. The zero-order valence-electron chi connectivity index (χ0n) is 13.6. The number of hydrogen-bond acceptors (Lipinski definition) is 6. The van der Waals surface area contributed by atoms with E-state index in [4.69, 9.17) is 4.74 Å². The number of hydrogen-bond donors (Lipinski definition) is 3. The summed E-state index contributed by atoms with van der Waals surface area (Å²) in [6, 6.07) is 2.34. The molecule has 2 aromatic rings. The predicted molar refractivity (Wildman–Crippen MR) is 89.6 cm³/mol. The SMILES string of the molecule is OC[C@@H]1C[C@@H](O)[C@H](n2cnc3c(NC4CCCCC4)nccc32)O1. The van der Waals surface area contributed by atoms with E-state index in [0.717, 1.165) is 16.9 Å². The molecule has 0 amide bonds. The first-order chi connectivity index (χ1) is 11.8. The minimum absolute atomic E-state index is 0.0871. The first-order valence-electron chi connectivity index (χ1n) is 8.78. The van der Waals surface area contributed by atoms with Crippen molar-refractivity contribution in [1.82, 2.24) is 14.5 Å². The molecule has 1 saturated heterocycles. The second-order valence-electron chi connectivity index (χ2n) is 6.79. The molecule has 0 unspecified atom stereocenters. The van der Waals surface area contributed by atoms with E-state index in [1.54, 1.807) is 12.5 Å². The van der Waals surface area contributed by atoms with E-state index in [9.17, 15) is 10.2 Å². The van der Waals surface area contributed by atoms with Crippen LogP contribution >= 0.6 is 0 Å². The second-order valence-corrected chi connectivity index (χ2v) is 6.79. The molecular weight excluding hydrogens is 308 g/mol. The van der Waals surface area contributed by atoms with Crippen molar-refractivity contribution in [3.8, 4) is 0 Å². The first kappa shape index (κ1) is 15.8. The van der Waals surface area contributed by atoms with Gasteiger partial charge in [0.25, 0.3) is 0 Å². The molecular formula is C17H24N4O3. The molecule has 130 valence electrons. The highest BCUT2D eigenvalue weighted by Crippen LogP contribution is 2.33. The van der Waals surface area contributed by atoms with Crippen molar-refractivity contribution in [2.24, 2.45) is 0 Å². The maximum absolute atomic E-state index is 10.2. The van der Waals surface area contributed by atoms with E-state index in [1.165, 1.54) is 32.1 Å². The highest BCUT2D eigenvalue weighted by atomic mass is 16.5. The molecule has 0 bridgehead atoms. The van der Waals surface area contributed by atoms with Crippen LogP contribution in [0.2, 0.25) is 0 Å². The number of ether oxygens (including phenoxy) is 1. The molecule has 0 radical (unpaired) electrons. The summed E-state index contributed by atoms with van der Waals surface area (Å²) in [4.78, 5) is 8.96. The summed E-state index contributed by atoms with van der Waals surface area (Å²) < 4.78 is 7.58. The van der Waals surface area contributed by atoms with Gasteiger partial charge in [0, 0.05) is 18.7 Å². The number of nitrogens with one attached hydrogen (secondary N) is 1. The molecule has 3 atom stereocenters. The highest BCUT2D eigenvalue weighted by Gasteiger charge is 2.35. The molecule has 3 N–H and O–H groups in total. The monoisotopic (exact) mass is 332 g/mol. The Balaban J connectivity index is 1.61. The topological polar surface area (TPSA) is 92.4 Å². The van der Waals surface area contributed by atoms with Crippen molar-refractivity contribution >= 4 is 16.9 Å². The van der Waals surface area contributed by atoms with Gasteiger partial charge in [-0.15, -0.1) is 0 Å². The zero-order chi connectivity index (χ0) is 16.5. The van der Waals surface area contributed by atoms with Gasteiger partial charge in [0.2, 0.25) is 0 Å². The number of fused-ring (bicyclic) bond motifs is 1. The van der Waals surface area contributed by atoms with Gasteiger partial charge < -0.3 is 24.8 Å². The van der Waals surface area contributed by atoms with Crippen LogP contribution in [0.4, 0.5) is 5.82 Å². The van der Waals surface area contributed by atoms with E-state index in [1.807, 2.05) is 10.6 Å². The summed E-state index contributed by atoms with van der Waals surface area (Å²) in [6.07, 6.45) is 8.54. The molecule has 0 aromatic carbocycles. The van der Waals surface area contributed by atoms with Crippen LogP contribution < -0.4 is 5.32 Å². The zero-order valence-corrected chi connectivity index (χ0v) is 13.6. The molecule has 2 aromatic heterocycles. The summed E-state index contributed by atoms with van der Waals surface area (Å²) in [5.74, 6) is 0.796. The fourth-order valence-corrected chi connectivity index (χ4v) is 3.81. The van der Waals surface area contributed by atoms with Gasteiger partial charge in [-0.25, -0.2) is 9.97 Å². The lowest BCUT2D eigenvalue weighted by atomic mass is 9.95. The molecule has 4 rings (SSSR count). The lowest BCUT2D eigenvalue weighted by molar-refractivity contribution is -0.0484. The van der Waals surface area contributed by atoms with Crippen molar-refractivity contribution in [3.63, 3.8) is 0 Å². The van der Waals surface area contributed by atoms with Crippen LogP contribution in [0.3, 0.4) is 0 Å². The number of aliphatic hydroxyl groups excluding tert-OH is 2. The summed E-state index contributed by atoms with van der Waals surface area (Å²) in [5.41, 5.74) is 1.68. The quantitative estimate of drug-likeness (QED) is 0.791. The second kappa shape index (κ2) is 6.66. The fourth-order valence-electron chi connectivity index (χ4n) is 3.81. The third-order valence-electron chi connectivity index (χ3n) is 5.08. The van der Waals surface area contributed by atoms with Crippen molar-refractivity contribution in [2.75, 3.05) is 11.9 Å². The number of pyridine rings is 1. The van der Waals surface area contributed by atoms with Gasteiger partial charge in [-0.2, -0.15) is 0 Å². The molecule has 1 aliphatic heterocycles.